The zero-order valence-corrected chi connectivity index (χ0v) is 12.4. The Morgan fingerprint density at radius 3 is 2.84 bits per heavy atom. The van der Waals surface area contributed by atoms with Crippen molar-refractivity contribution in [3.63, 3.8) is 0 Å². The molecule has 0 saturated carbocycles. The van der Waals surface area contributed by atoms with E-state index >= 15 is 0 Å². The summed E-state index contributed by atoms with van der Waals surface area (Å²) in [4.78, 5) is 14.4. The van der Waals surface area contributed by atoms with E-state index in [1.165, 1.54) is 11.3 Å². The summed E-state index contributed by atoms with van der Waals surface area (Å²) in [7, 11) is -3.87. The van der Waals surface area contributed by atoms with Crippen LogP contribution in [-0.4, -0.2) is 24.5 Å². The van der Waals surface area contributed by atoms with Crippen molar-refractivity contribution in [1.29, 1.82) is 0 Å². The minimum atomic E-state index is -3.87. The molecule has 7 nitrogen and oxygen atoms in total. The number of rotatable bonds is 5. The third-order valence-corrected chi connectivity index (χ3v) is 4.98. The van der Waals surface area contributed by atoms with E-state index in [9.17, 15) is 13.2 Å². The van der Waals surface area contributed by atoms with E-state index < -0.39 is 21.8 Å². The molecule has 2 heterocycles. The second kappa shape index (κ2) is 5.41. The van der Waals surface area contributed by atoms with Gasteiger partial charge >= 0.3 is 5.97 Å². The standard InChI is InChI=1S/C9H7BrN2O5S2/c10-8-7(1-6(17-8)9(13)14)19(15,16)12-2-5-3-18-4-11-5/h1,3-4,12H,2H2,(H,13,14). The van der Waals surface area contributed by atoms with Crippen LogP contribution in [0.3, 0.4) is 0 Å². The van der Waals surface area contributed by atoms with Crippen molar-refractivity contribution in [3.8, 4) is 0 Å². The monoisotopic (exact) mass is 366 g/mol. The summed E-state index contributed by atoms with van der Waals surface area (Å²) in [5.41, 5.74) is 2.16. The Morgan fingerprint density at radius 2 is 2.32 bits per heavy atom. The van der Waals surface area contributed by atoms with E-state index in [4.69, 9.17) is 9.52 Å². The van der Waals surface area contributed by atoms with Crippen LogP contribution in [0.5, 0.6) is 0 Å². The van der Waals surface area contributed by atoms with Gasteiger partial charge in [0.05, 0.1) is 17.7 Å². The SMILES string of the molecule is O=C(O)c1cc(S(=O)(=O)NCc2cscn2)c(Br)o1. The van der Waals surface area contributed by atoms with Gasteiger partial charge in [0.15, 0.2) is 4.67 Å². The molecule has 0 saturated heterocycles. The maximum Gasteiger partial charge on any atom is 0.371 e. The number of aromatic carboxylic acids is 1. The highest BCUT2D eigenvalue weighted by Crippen LogP contribution is 2.26. The van der Waals surface area contributed by atoms with Gasteiger partial charge in [0.2, 0.25) is 15.8 Å². The maximum atomic E-state index is 12.0. The molecular formula is C9H7BrN2O5S2. The number of nitrogens with zero attached hydrogens (tertiary/aromatic N) is 1. The summed E-state index contributed by atoms with van der Waals surface area (Å²) in [5, 5.41) is 10.4. The van der Waals surface area contributed by atoms with Crippen LogP contribution < -0.4 is 4.72 Å². The first-order valence-electron chi connectivity index (χ1n) is 4.79. The molecule has 0 unspecified atom stereocenters. The highest BCUT2D eigenvalue weighted by molar-refractivity contribution is 9.10. The first kappa shape index (κ1) is 14.2. The lowest BCUT2D eigenvalue weighted by molar-refractivity contribution is 0.0661. The lowest BCUT2D eigenvalue weighted by Crippen LogP contribution is -2.23. The molecule has 0 aromatic carbocycles. The Balaban J connectivity index is 2.22. The summed E-state index contributed by atoms with van der Waals surface area (Å²) >= 11 is 4.22. The predicted octanol–water partition coefficient (Wildman–Crippen LogP) is 1.68. The molecule has 0 bridgehead atoms. The van der Waals surface area contributed by atoms with E-state index in [-0.39, 0.29) is 16.1 Å². The molecule has 102 valence electrons. The summed E-state index contributed by atoms with van der Waals surface area (Å²) in [6.45, 7) is 0.0197. The summed E-state index contributed by atoms with van der Waals surface area (Å²) in [5.74, 6) is -1.80. The molecule has 0 aliphatic heterocycles. The molecule has 0 radical (unpaired) electrons. The summed E-state index contributed by atoms with van der Waals surface area (Å²) in [6, 6.07) is 0.940. The molecule has 19 heavy (non-hydrogen) atoms. The Morgan fingerprint density at radius 1 is 1.58 bits per heavy atom. The lowest BCUT2D eigenvalue weighted by Gasteiger charge is -2.02. The van der Waals surface area contributed by atoms with Gasteiger partial charge < -0.3 is 9.52 Å². The third kappa shape index (κ3) is 3.21. The van der Waals surface area contributed by atoms with Crippen LogP contribution in [0.4, 0.5) is 0 Å². The van der Waals surface area contributed by atoms with Gasteiger partial charge in [-0.05, 0) is 15.9 Å². The summed E-state index contributed by atoms with van der Waals surface area (Å²) < 4.78 is 30.9. The van der Waals surface area contributed by atoms with Crippen molar-refractivity contribution in [1.82, 2.24) is 9.71 Å². The van der Waals surface area contributed by atoms with Gasteiger partial charge in [0.25, 0.3) is 0 Å². The molecule has 0 atom stereocenters. The lowest BCUT2D eigenvalue weighted by atomic mass is 10.5. The molecule has 2 N–H and O–H groups in total. The highest BCUT2D eigenvalue weighted by atomic mass is 79.9. The second-order valence-electron chi connectivity index (χ2n) is 3.36. The number of hydrogen-bond donors (Lipinski definition) is 2. The smallest absolute Gasteiger partial charge is 0.371 e. The number of carboxylic acids is 1. The van der Waals surface area contributed by atoms with Crippen LogP contribution in [0.2, 0.25) is 0 Å². The first-order chi connectivity index (χ1) is 8.90. The van der Waals surface area contributed by atoms with Gasteiger partial charge in [-0.1, -0.05) is 0 Å². The molecule has 0 aliphatic rings. The number of hydrogen-bond acceptors (Lipinski definition) is 6. The minimum absolute atomic E-state index is 0.0197. The van der Waals surface area contributed by atoms with Crippen molar-refractivity contribution in [2.45, 2.75) is 11.4 Å². The van der Waals surface area contributed by atoms with Crippen LogP contribution in [0.15, 0.2) is 30.9 Å². The van der Waals surface area contributed by atoms with Crippen LogP contribution in [0.25, 0.3) is 0 Å². The normalized spacial score (nSPS) is 11.6. The molecular weight excluding hydrogens is 360 g/mol. The number of aromatic nitrogens is 1. The number of halogens is 1. The molecule has 0 aliphatic carbocycles. The fraction of sp³-hybridized carbons (Fsp3) is 0.111. The second-order valence-corrected chi connectivity index (χ2v) is 6.53. The summed E-state index contributed by atoms with van der Waals surface area (Å²) in [6.07, 6.45) is 0. The van der Waals surface area contributed by atoms with Crippen LogP contribution in [0.1, 0.15) is 16.2 Å². The van der Waals surface area contributed by atoms with Gasteiger partial charge in [-0.25, -0.2) is 22.9 Å². The van der Waals surface area contributed by atoms with E-state index in [1.54, 1.807) is 10.9 Å². The van der Waals surface area contributed by atoms with Gasteiger partial charge in [0, 0.05) is 11.4 Å². The minimum Gasteiger partial charge on any atom is -0.475 e. The molecule has 2 aromatic rings. The van der Waals surface area contributed by atoms with Crippen LogP contribution >= 0.6 is 27.3 Å². The zero-order chi connectivity index (χ0) is 14.0. The van der Waals surface area contributed by atoms with Crippen molar-refractivity contribution in [2.24, 2.45) is 0 Å². The largest absolute Gasteiger partial charge is 0.475 e. The van der Waals surface area contributed by atoms with Gasteiger partial charge in [-0.15, -0.1) is 11.3 Å². The van der Waals surface area contributed by atoms with E-state index in [1.807, 2.05) is 0 Å². The number of furan rings is 1. The Hall–Kier alpha value is -1.23. The third-order valence-electron chi connectivity index (χ3n) is 2.08. The molecule has 2 aromatic heterocycles. The van der Waals surface area contributed by atoms with Gasteiger partial charge in [-0.2, -0.15) is 0 Å². The molecule has 10 heteroatoms. The van der Waals surface area contributed by atoms with Gasteiger partial charge in [0.1, 0.15) is 4.90 Å². The number of sulfonamides is 1. The molecule has 0 fully saturated rings. The van der Waals surface area contributed by atoms with Crippen LogP contribution in [0, 0.1) is 0 Å². The van der Waals surface area contributed by atoms with Crippen molar-refractivity contribution in [2.75, 3.05) is 0 Å². The number of nitrogens with one attached hydrogen (secondary N) is 1. The Kier molecular flexibility index (Phi) is 4.04. The van der Waals surface area contributed by atoms with Crippen molar-refractivity contribution >= 4 is 43.3 Å². The molecule has 0 amide bonds. The van der Waals surface area contributed by atoms with E-state index in [0.717, 1.165) is 6.07 Å². The van der Waals surface area contributed by atoms with Crippen molar-refractivity contribution in [3.05, 3.63) is 33.1 Å². The fourth-order valence-corrected chi connectivity index (χ4v) is 3.71. The molecule has 2 rings (SSSR count). The topological polar surface area (TPSA) is 110 Å². The number of thiazole rings is 1. The van der Waals surface area contributed by atoms with Crippen LogP contribution in [-0.2, 0) is 16.6 Å². The maximum absolute atomic E-state index is 12.0. The fourth-order valence-electron chi connectivity index (χ4n) is 1.21. The Bertz CT molecular complexity index is 692. The van der Waals surface area contributed by atoms with Gasteiger partial charge in [-0.3, -0.25) is 0 Å². The number of carboxylic acid groups (broad SMARTS) is 1. The Labute approximate surface area is 120 Å². The quantitative estimate of drug-likeness (QED) is 0.832. The molecule has 0 spiro atoms. The van der Waals surface area contributed by atoms with E-state index in [2.05, 4.69) is 25.6 Å². The first-order valence-corrected chi connectivity index (χ1v) is 8.01. The zero-order valence-electron chi connectivity index (χ0n) is 9.16. The average molecular weight is 367 g/mol. The highest BCUT2D eigenvalue weighted by Gasteiger charge is 2.24. The number of carbonyl (C=O) groups is 1. The van der Waals surface area contributed by atoms with Crippen molar-refractivity contribution < 1.29 is 22.7 Å². The van der Waals surface area contributed by atoms with E-state index in [0.29, 0.717) is 5.69 Å². The average Bonchev–Trinajstić information content (AvgIpc) is 2.95. The predicted molar refractivity (Wildman–Crippen MR) is 69.5 cm³/mol.